The van der Waals surface area contributed by atoms with Crippen LogP contribution in [0.25, 0.3) is 0 Å². The number of phosphoric ester groups is 1. The van der Waals surface area contributed by atoms with Crippen LogP contribution in [0, 0.1) is 0 Å². The minimum absolute atomic E-state index is 0.143. The number of hydrogen-bond donors (Lipinski definition) is 2. The second-order valence-corrected chi connectivity index (χ2v) is 6.59. The number of rotatable bonds is 12. The van der Waals surface area contributed by atoms with E-state index in [1.54, 1.807) is 12.1 Å². The maximum absolute atomic E-state index is 11.0. The van der Waals surface area contributed by atoms with Gasteiger partial charge in [-0.25, -0.2) is 4.57 Å². The van der Waals surface area contributed by atoms with Crippen LogP contribution in [0.4, 0.5) is 0 Å². The minimum atomic E-state index is -4.49. The van der Waals surface area contributed by atoms with Gasteiger partial charge in [0.1, 0.15) is 18.5 Å². The SMILES string of the molecule is CCCCCCCCC(COc1ccccc1)OP(=O)(O)O. The van der Waals surface area contributed by atoms with Gasteiger partial charge in [-0.3, -0.25) is 4.52 Å². The van der Waals surface area contributed by atoms with Gasteiger partial charge >= 0.3 is 7.82 Å². The number of hydrogen-bond acceptors (Lipinski definition) is 3. The van der Waals surface area contributed by atoms with Gasteiger partial charge in [0, 0.05) is 0 Å². The number of para-hydroxylation sites is 1. The molecule has 0 saturated carbocycles. The molecule has 1 rings (SSSR count). The lowest BCUT2D eigenvalue weighted by Crippen LogP contribution is -2.20. The Labute approximate surface area is 132 Å². The van der Waals surface area contributed by atoms with E-state index in [1.165, 1.54) is 19.3 Å². The van der Waals surface area contributed by atoms with Gasteiger partial charge in [0.15, 0.2) is 0 Å². The molecule has 0 saturated heterocycles. The molecule has 1 unspecified atom stereocenters. The molecule has 6 heteroatoms. The average molecular weight is 330 g/mol. The van der Waals surface area contributed by atoms with Crippen LogP contribution in [0.3, 0.4) is 0 Å². The van der Waals surface area contributed by atoms with Crippen LogP contribution in [0.5, 0.6) is 5.75 Å². The molecule has 0 aliphatic heterocycles. The van der Waals surface area contributed by atoms with Gasteiger partial charge in [0.25, 0.3) is 0 Å². The van der Waals surface area contributed by atoms with E-state index >= 15 is 0 Å². The van der Waals surface area contributed by atoms with Crippen molar-refractivity contribution in [2.24, 2.45) is 0 Å². The summed E-state index contributed by atoms with van der Waals surface area (Å²) in [4.78, 5) is 18.0. The van der Waals surface area contributed by atoms with Crippen molar-refractivity contribution in [2.75, 3.05) is 6.61 Å². The van der Waals surface area contributed by atoms with Crippen LogP contribution in [0.1, 0.15) is 51.9 Å². The van der Waals surface area contributed by atoms with E-state index in [0.717, 1.165) is 19.3 Å². The summed E-state index contributed by atoms with van der Waals surface area (Å²) < 4.78 is 21.4. The third-order valence-electron chi connectivity index (χ3n) is 3.35. The van der Waals surface area contributed by atoms with Crippen molar-refractivity contribution < 1.29 is 23.6 Å². The summed E-state index contributed by atoms with van der Waals surface area (Å²) in [5.41, 5.74) is 0. The highest BCUT2D eigenvalue weighted by molar-refractivity contribution is 7.46. The van der Waals surface area contributed by atoms with E-state index in [4.69, 9.17) is 19.0 Å². The van der Waals surface area contributed by atoms with E-state index in [9.17, 15) is 4.57 Å². The molecule has 0 aromatic heterocycles. The topological polar surface area (TPSA) is 76.0 Å². The minimum Gasteiger partial charge on any atom is -0.491 e. The quantitative estimate of drug-likeness (QED) is 0.441. The van der Waals surface area contributed by atoms with Gasteiger partial charge in [-0.2, -0.15) is 0 Å². The van der Waals surface area contributed by atoms with E-state index in [-0.39, 0.29) is 6.61 Å². The van der Waals surface area contributed by atoms with Crippen LogP contribution in [0.15, 0.2) is 30.3 Å². The molecule has 0 heterocycles. The summed E-state index contributed by atoms with van der Waals surface area (Å²) in [5.74, 6) is 0.671. The van der Waals surface area contributed by atoms with Crippen LogP contribution in [-0.2, 0) is 9.09 Å². The Morgan fingerprint density at radius 1 is 1.05 bits per heavy atom. The maximum Gasteiger partial charge on any atom is 0.469 e. The Morgan fingerprint density at radius 2 is 1.68 bits per heavy atom. The van der Waals surface area contributed by atoms with Gasteiger partial charge in [-0.15, -0.1) is 0 Å². The number of phosphoric acid groups is 1. The Balaban J connectivity index is 2.34. The zero-order valence-corrected chi connectivity index (χ0v) is 14.1. The molecule has 0 aliphatic carbocycles. The molecule has 0 aliphatic rings. The van der Waals surface area contributed by atoms with E-state index in [0.29, 0.717) is 12.2 Å². The summed E-state index contributed by atoms with van der Waals surface area (Å²) >= 11 is 0. The Hall–Kier alpha value is -0.870. The molecule has 0 radical (unpaired) electrons. The number of ether oxygens (including phenoxy) is 1. The first-order valence-electron chi connectivity index (χ1n) is 7.93. The molecule has 0 spiro atoms. The molecular formula is C16H27O5P. The highest BCUT2D eigenvalue weighted by Crippen LogP contribution is 2.38. The molecule has 0 bridgehead atoms. The number of unbranched alkanes of at least 4 members (excludes halogenated alkanes) is 5. The Bertz CT molecular complexity index is 431. The van der Waals surface area contributed by atoms with Gasteiger partial charge in [-0.05, 0) is 18.6 Å². The molecule has 126 valence electrons. The van der Waals surface area contributed by atoms with Crippen LogP contribution < -0.4 is 4.74 Å². The summed E-state index contributed by atoms with van der Waals surface area (Å²) in [5, 5.41) is 0. The molecule has 0 amide bonds. The van der Waals surface area contributed by atoms with Crippen molar-refractivity contribution in [3.63, 3.8) is 0 Å². The van der Waals surface area contributed by atoms with Crippen molar-refractivity contribution in [3.05, 3.63) is 30.3 Å². The molecule has 2 N–H and O–H groups in total. The molecule has 1 aromatic rings. The fourth-order valence-corrected chi connectivity index (χ4v) is 2.77. The monoisotopic (exact) mass is 330 g/mol. The van der Waals surface area contributed by atoms with Crippen LogP contribution >= 0.6 is 7.82 Å². The third kappa shape index (κ3) is 9.96. The summed E-state index contributed by atoms with van der Waals surface area (Å²) in [6.45, 7) is 2.31. The largest absolute Gasteiger partial charge is 0.491 e. The number of benzene rings is 1. The predicted octanol–water partition coefficient (Wildman–Crippen LogP) is 4.29. The van der Waals surface area contributed by atoms with Crippen molar-refractivity contribution in [3.8, 4) is 5.75 Å². The lowest BCUT2D eigenvalue weighted by molar-refractivity contribution is 0.0818. The summed E-state index contributed by atoms with van der Waals surface area (Å²) in [7, 11) is -4.49. The highest BCUT2D eigenvalue weighted by atomic mass is 31.2. The smallest absolute Gasteiger partial charge is 0.469 e. The van der Waals surface area contributed by atoms with Crippen molar-refractivity contribution >= 4 is 7.82 Å². The molecule has 1 aromatic carbocycles. The standard InChI is InChI=1S/C16H27O5P/c1-2-3-4-5-6-8-13-16(21-22(17,18)19)14-20-15-11-9-7-10-12-15/h7,9-12,16H,2-6,8,13-14H2,1H3,(H2,17,18,19). The van der Waals surface area contributed by atoms with Gasteiger partial charge < -0.3 is 14.5 Å². The van der Waals surface area contributed by atoms with Gasteiger partial charge in [0.05, 0.1) is 0 Å². The first kappa shape index (κ1) is 19.2. The highest BCUT2D eigenvalue weighted by Gasteiger charge is 2.22. The van der Waals surface area contributed by atoms with Crippen molar-refractivity contribution in [1.82, 2.24) is 0 Å². The predicted molar refractivity (Wildman–Crippen MR) is 86.8 cm³/mol. The molecular weight excluding hydrogens is 303 g/mol. The average Bonchev–Trinajstić information content (AvgIpc) is 2.48. The van der Waals surface area contributed by atoms with Gasteiger partial charge in [-0.1, -0.05) is 63.6 Å². The van der Waals surface area contributed by atoms with E-state index in [2.05, 4.69) is 6.92 Å². The molecule has 5 nitrogen and oxygen atoms in total. The first-order valence-corrected chi connectivity index (χ1v) is 9.46. The first-order chi connectivity index (χ1) is 10.5. The van der Waals surface area contributed by atoms with E-state index < -0.39 is 13.9 Å². The third-order valence-corrected chi connectivity index (χ3v) is 3.92. The fourth-order valence-electron chi connectivity index (χ4n) is 2.22. The lowest BCUT2D eigenvalue weighted by atomic mass is 10.1. The van der Waals surface area contributed by atoms with Crippen molar-refractivity contribution in [1.29, 1.82) is 0 Å². The van der Waals surface area contributed by atoms with Gasteiger partial charge in [0.2, 0.25) is 0 Å². The van der Waals surface area contributed by atoms with Crippen LogP contribution in [-0.4, -0.2) is 22.5 Å². The maximum atomic E-state index is 11.0. The Kier molecular flexibility index (Phi) is 9.41. The molecule has 1 atom stereocenters. The summed E-state index contributed by atoms with van der Waals surface area (Å²) in [6.07, 6.45) is 6.72. The molecule has 0 fully saturated rings. The van der Waals surface area contributed by atoms with Crippen molar-refractivity contribution in [2.45, 2.75) is 58.0 Å². The lowest BCUT2D eigenvalue weighted by Gasteiger charge is -2.18. The fraction of sp³-hybridized carbons (Fsp3) is 0.625. The second-order valence-electron chi connectivity index (χ2n) is 5.40. The zero-order chi connectivity index (χ0) is 16.3. The normalized spacial score (nSPS) is 13.0. The second kappa shape index (κ2) is 10.8. The van der Waals surface area contributed by atoms with E-state index in [1.807, 2.05) is 18.2 Å². The van der Waals surface area contributed by atoms with Crippen LogP contribution in [0.2, 0.25) is 0 Å². The summed E-state index contributed by atoms with van der Waals surface area (Å²) in [6, 6.07) is 9.19. The Morgan fingerprint density at radius 3 is 2.32 bits per heavy atom. The zero-order valence-electron chi connectivity index (χ0n) is 13.2. The molecule has 22 heavy (non-hydrogen) atoms.